The van der Waals surface area contributed by atoms with Crippen molar-refractivity contribution >= 4 is 39.6 Å². The first-order valence-corrected chi connectivity index (χ1v) is 12.5. The number of nitrogens with zero attached hydrogens (tertiary/aromatic N) is 3. The lowest BCUT2D eigenvalue weighted by atomic mass is 10.0. The molecule has 4 aromatic rings. The van der Waals surface area contributed by atoms with Crippen LogP contribution in [0.4, 0.5) is 22.9 Å². The van der Waals surface area contributed by atoms with Crippen LogP contribution in [0.3, 0.4) is 0 Å². The molecule has 3 N–H and O–H groups in total. The van der Waals surface area contributed by atoms with Gasteiger partial charge in [-0.05, 0) is 55.0 Å². The van der Waals surface area contributed by atoms with Gasteiger partial charge in [-0.3, -0.25) is 14.6 Å². The highest BCUT2D eigenvalue weighted by Gasteiger charge is 2.29. The first-order valence-electron chi connectivity index (χ1n) is 12.5. The Hall–Kier alpha value is -4.27. The van der Waals surface area contributed by atoms with Gasteiger partial charge in [0.15, 0.2) is 0 Å². The molecule has 9 nitrogen and oxygen atoms in total. The van der Waals surface area contributed by atoms with Gasteiger partial charge in [0.05, 0.1) is 0 Å². The summed E-state index contributed by atoms with van der Waals surface area (Å²) < 4.78 is 0. The largest absolute Gasteiger partial charge is 0.480 e. The predicted octanol–water partition coefficient (Wildman–Crippen LogP) is 4.01. The molecule has 0 bridgehead atoms. The fraction of sp³-hybridized carbons (Fsp3) is 0.321. The summed E-state index contributed by atoms with van der Waals surface area (Å²) in [5.41, 5.74) is 1.62. The summed E-state index contributed by atoms with van der Waals surface area (Å²) in [7, 11) is 0. The van der Waals surface area contributed by atoms with E-state index in [0.717, 1.165) is 40.6 Å². The van der Waals surface area contributed by atoms with E-state index in [9.17, 15) is 19.5 Å². The van der Waals surface area contributed by atoms with Gasteiger partial charge in [0, 0.05) is 48.7 Å². The Labute approximate surface area is 214 Å². The van der Waals surface area contributed by atoms with Crippen molar-refractivity contribution in [3.63, 3.8) is 0 Å². The molecular weight excluding hydrogens is 470 g/mol. The molecule has 0 radical (unpaired) electrons. The van der Waals surface area contributed by atoms with Crippen molar-refractivity contribution in [1.82, 2.24) is 9.97 Å². The maximum atomic E-state index is 12.3. The van der Waals surface area contributed by atoms with E-state index in [2.05, 4.69) is 20.6 Å². The third kappa shape index (κ3) is 5.61. The van der Waals surface area contributed by atoms with Gasteiger partial charge in [-0.25, -0.2) is 9.78 Å². The van der Waals surface area contributed by atoms with E-state index in [-0.39, 0.29) is 12.1 Å². The van der Waals surface area contributed by atoms with E-state index in [1.54, 1.807) is 12.4 Å². The van der Waals surface area contributed by atoms with Gasteiger partial charge in [0.1, 0.15) is 23.2 Å². The number of hydrogen-bond acceptors (Lipinski definition) is 8. The van der Waals surface area contributed by atoms with E-state index in [4.69, 9.17) is 0 Å². The normalized spacial score (nSPS) is 12.0. The number of pyridine rings is 2. The van der Waals surface area contributed by atoms with E-state index in [1.165, 1.54) is 0 Å². The SMILES string of the molecule is CCCN(CCC)c1c(N[C@@H](Cc2ccc(Nc3nc(C)cc4ccncc34)cc2)C(=O)O)c(=O)c1=O. The van der Waals surface area contributed by atoms with Crippen LogP contribution in [0.5, 0.6) is 0 Å². The molecule has 192 valence electrons. The van der Waals surface area contributed by atoms with E-state index in [1.807, 2.05) is 62.1 Å². The van der Waals surface area contributed by atoms with Gasteiger partial charge in [0.25, 0.3) is 10.9 Å². The van der Waals surface area contributed by atoms with E-state index < -0.39 is 22.9 Å². The van der Waals surface area contributed by atoms with E-state index in [0.29, 0.717) is 24.6 Å². The van der Waals surface area contributed by atoms with Gasteiger partial charge in [-0.15, -0.1) is 0 Å². The summed E-state index contributed by atoms with van der Waals surface area (Å²) in [6.45, 7) is 7.17. The van der Waals surface area contributed by atoms with Gasteiger partial charge < -0.3 is 20.6 Å². The van der Waals surface area contributed by atoms with Crippen molar-refractivity contribution < 1.29 is 9.90 Å². The number of nitrogens with one attached hydrogen (secondary N) is 2. The monoisotopic (exact) mass is 501 g/mol. The molecule has 1 atom stereocenters. The second kappa shape index (κ2) is 11.2. The minimum Gasteiger partial charge on any atom is -0.480 e. The van der Waals surface area contributed by atoms with Crippen molar-refractivity contribution in [2.75, 3.05) is 28.6 Å². The molecule has 2 aromatic carbocycles. The summed E-state index contributed by atoms with van der Waals surface area (Å²) in [4.78, 5) is 47.3. The first-order chi connectivity index (χ1) is 17.8. The number of aryl methyl sites for hydroxylation is 1. The zero-order valence-electron chi connectivity index (χ0n) is 21.2. The van der Waals surface area contributed by atoms with Gasteiger partial charge >= 0.3 is 5.97 Å². The van der Waals surface area contributed by atoms with Crippen molar-refractivity contribution in [2.24, 2.45) is 0 Å². The molecule has 2 heterocycles. The molecule has 2 aromatic heterocycles. The Morgan fingerprint density at radius 1 is 1.05 bits per heavy atom. The second-order valence-corrected chi connectivity index (χ2v) is 9.14. The Bertz CT molecular complexity index is 1470. The molecule has 0 aliphatic rings. The number of aromatic nitrogens is 2. The Balaban J connectivity index is 1.51. The lowest BCUT2D eigenvalue weighted by Gasteiger charge is -2.28. The molecule has 0 amide bonds. The topological polar surface area (TPSA) is 125 Å². The summed E-state index contributed by atoms with van der Waals surface area (Å²) in [6.07, 6.45) is 5.27. The van der Waals surface area contributed by atoms with Crippen LogP contribution in [-0.4, -0.2) is 40.2 Å². The van der Waals surface area contributed by atoms with Crippen molar-refractivity contribution in [1.29, 1.82) is 0 Å². The van der Waals surface area contributed by atoms with Crippen LogP contribution < -0.4 is 26.4 Å². The van der Waals surface area contributed by atoms with Crippen molar-refractivity contribution in [3.05, 3.63) is 80.5 Å². The number of fused-ring (bicyclic) bond motifs is 1. The molecule has 0 saturated carbocycles. The highest BCUT2D eigenvalue weighted by atomic mass is 16.4. The lowest BCUT2D eigenvalue weighted by molar-refractivity contribution is -0.137. The Morgan fingerprint density at radius 2 is 1.76 bits per heavy atom. The first kappa shape index (κ1) is 25.8. The number of carboxylic acid groups (broad SMARTS) is 1. The second-order valence-electron chi connectivity index (χ2n) is 9.14. The number of hydrogen-bond donors (Lipinski definition) is 3. The zero-order valence-corrected chi connectivity index (χ0v) is 21.2. The average Bonchev–Trinajstić information content (AvgIpc) is 2.88. The van der Waals surface area contributed by atoms with Crippen LogP contribution in [0.2, 0.25) is 0 Å². The van der Waals surface area contributed by atoms with Crippen LogP contribution in [0.25, 0.3) is 10.8 Å². The number of aliphatic carboxylic acids is 1. The molecule has 37 heavy (non-hydrogen) atoms. The van der Waals surface area contributed by atoms with Gasteiger partial charge in [0.2, 0.25) is 0 Å². The number of anilines is 4. The molecule has 0 saturated heterocycles. The summed E-state index contributed by atoms with van der Waals surface area (Å²) in [5, 5.41) is 17.9. The standard InChI is InChI=1S/C28H31N5O4/c1-4-12-33(13-5-2)24-23(25(34)26(24)35)32-22(28(36)37)15-18-6-8-20(9-7-18)31-27-21-16-29-11-10-19(21)14-17(3)30-27/h6-11,14,16,22,32H,4-5,12-13,15H2,1-3H3,(H,30,31)(H,36,37)/t22-/m0/s1. The molecule has 0 aliphatic heterocycles. The van der Waals surface area contributed by atoms with E-state index >= 15 is 0 Å². The number of benzene rings is 1. The van der Waals surface area contributed by atoms with Crippen molar-refractivity contribution in [3.8, 4) is 0 Å². The fourth-order valence-corrected chi connectivity index (χ4v) is 4.48. The lowest BCUT2D eigenvalue weighted by Crippen LogP contribution is -2.46. The summed E-state index contributed by atoms with van der Waals surface area (Å²) in [6, 6.07) is 10.2. The molecular formula is C28H31N5O4. The fourth-order valence-electron chi connectivity index (χ4n) is 4.48. The van der Waals surface area contributed by atoms with Gasteiger partial charge in [-0.2, -0.15) is 0 Å². The molecule has 0 spiro atoms. The van der Waals surface area contributed by atoms with Crippen LogP contribution in [0, 0.1) is 6.92 Å². The summed E-state index contributed by atoms with van der Waals surface area (Å²) >= 11 is 0. The Kier molecular flexibility index (Phi) is 7.81. The molecule has 4 rings (SSSR count). The minimum atomic E-state index is -1.10. The maximum absolute atomic E-state index is 12.3. The number of rotatable bonds is 12. The smallest absolute Gasteiger partial charge is 0.326 e. The maximum Gasteiger partial charge on any atom is 0.326 e. The van der Waals surface area contributed by atoms with Crippen LogP contribution >= 0.6 is 0 Å². The predicted molar refractivity (Wildman–Crippen MR) is 147 cm³/mol. The molecule has 9 heteroatoms. The molecule has 0 unspecified atom stereocenters. The Morgan fingerprint density at radius 3 is 2.41 bits per heavy atom. The third-order valence-electron chi connectivity index (χ3n) is 6.22. The van der Waals surface area contributed by atoms with Crippen molar-refractivity contribution in [2.45, 2.75) is 46.1 Å². The average molecular weight is 502 g/mol. The van der Waals surface area contributed by atoms with Crippen LogP contribution in [0.15, 0.2) is 58.4 Å². The third-order valence-corrected chi connectivity index (χ3v) is 6.22. The van der Waals surface area contributed by atoms with Crippen LogP contribution in [0.1, 0.15) is 37.9 Å². The highest BCUT2D eigenvalue weighted by Crippen LogP contribution is 2.26. The molecule has 0 aliphatic carbocycles. The zero-order chi connectivity index (χ0) is 26.5. The quantitative estimate of drug-likeness (QED) is 0.247. The minimum absolute atomic E-state index is 0.101. The summed E-state index contributed by atoms with van der Waals surface area (Å²) in [5.74, 6) is -0.404. The number of carbonyl (C=O) groups is 1. The van der Waals surface area contributed by atoms with Gasteiger partial charge in [-0.1, -0.05) is 26.0 Å². The highest BCUT2D eigenvalue weighted by molar-refractivity contribution is 5.93. The number of carboxylic acids is 1. The van der Waals surface area contributed by atoms with Crippen LogP contribution in [-0.2, 0) is 11.2 Å². The molecule has 0 fully saturated rings.